The lowest BCUT2D eigenvalue weighted by molar-refractivity contribution is -0.133. The fourth-order valence-corrected chi connectivity index (χ4v) is 4.81. The highest BCUT2D eigenvalue weighted by Crippen LogP contribution is 2.32. The summed E-state index contributed by atoms with van der Waals surface area (Å²) < 4.78 is 5.17. The van der Waals surface area contributed by atoms with Crippen LogP contribution in [0.15, 0.2) is 78.2 Å². The highest BCUT2D eigenvalue weighted by atomic mass is 32.1. The number of carbonyl (C=O) groups is 4. The molecule has 0 fully saturated rings. The van der Waals surface area contributed by atoms with Crippen LogP contribution in [0.3, 0.4) is 0 Å². The second-order valence-corrected chi connectivity index (χ2v) is 9.14. The molecular formula is C27H20N2O5S. The molecule has 0 radical (unpaired) electrons. The van der Waals surface area contributed by atoms with E-state index in [4.69, 9.17) is 4.74 Å². The van der Waals surface area contributed by atoms with Crippen molar-refractivity contribution in [3.05, 3.63) is 99.7 Å². The molecule has 0 spiro atoms. The maximum absolute atomic E-state index is 13.2. The van der Waals surface area contributed by atoms with Crippen molar-refractivity contribution in [2.45, 2.75) is 6.54 Å². The summed E-state index contributed by atoms with van der Waals surface area (Å²) in [4.78, 5) is 54.7. The maximum Gasteiger partial charge on any atom is 0.338 e. The van der Waals surface area contributed by atoms with Crippen LogP contribution in [-0.2, 0) is 16.1 Å². The van der Waals surface area contributed by atoms with E-state index in [1.807, 2.05) is 29.6 Å². The van der Waals surface area contributed by atoms with E-state index in [9.17, 15) is 19.2 Å². The third-order valence-corrected chi connectivity index (χ3v) is 6.72. The smallest absolute Gasteiger partial charge is 0.338 e. The van der Waals surface area contributed by atoms with Crippen molar-refractivity contribution in [1.29, 1.82) is 0 Å². The number of carbonyl (C=O) groups excluding carboxylic acids is 4. The van der Waals surface area contributed by atoms with Crippen molar-refractivity contribution in [2.75, 3.05) is 18.6 Å². The number of thiophene rings is 1. The van der Waals surface area contributed by atoms with Gasteiger partial charge in [0.25, 0.3) is 17.7 Å². The van der Waals surface area contributed by atoms with Gasteiger partial charge in [0.2, 0.25) is 0 Å². The molecule has 0 atom stereocenters. The zero-order valence-electron chi connectivity index (χ0n) is 18.8. The number of rotatable bonds is 6. The second kappa shape index (κ2) is 9.15. The van der Waals surface area contributed by atoms with Crippen LogP contribution in [0.25, 0.3) is 10.8 Å². The molecule has 0 N–H and O–H groups in total. The van der Waals surface area contributed by atoms with Crippen LogP contribution in [0.1, 0.15) is 36.0 Å². The van der Waals surface area contributed by atoms with Crippen LogP contribution in [0.5, 0.6) is 0 Å². The molecule has 0 unspecified atom stereocenters. The van der Waals surface area contributed by atoms with Crippen molar-refractivity contribution in [2.24, 2.45) is 0 Å². The lowest BCUT2D eigenvalue weighted by Crippen LogP contribution is -2.40. The van der Waals surface area contributed by atoms with E-state index >= 15 is 0 Å². The number of benzene rings is 3. The zero-order valence-corrected chi connectivity index (χ0v) is 19.6. The molecule has 1 aliphatic heterocycles. The molecule has 0 saturated carbocycles. The average molecular weight is 485 g/mol. The molecule has 174 valence electrons. The number of likely N-dealkylation sites (N-methyl/N-ethyl adjacent to an activating group) is 1. The summed E-state index contributed by atoms with van der Waals surface area (Å²) in [6.07, 6.45) is 0. The third-order valence-electron chi connectivity index (χ3n) is 5.86. The average Bonchev–Trinajstić information content (AvgIpc) is 3.39. The summed E-state index contributed by atoms with van der Waals surface area (Å²) in [7, 11) is 1.65. The summed E-state index contributed by atoms with van der Waals surface area (Å²) >= 11 is 1.54. The van der Waals surface area contributed by atoms with E-state index in [0.717, 1.165) is 15.2 Å². The Morgan fingerprint density at radius 2 is 1.54 bits per heavy atom. The van der Waals surface area contributed by atoms with Gasteiger partial charge in [0.15, 0.2) is 6.61 Å². The van der Waals surface area contributed by atoms with Crippen LogP contribution < -0.4 is 4.90 Å². The molecule has 3 amide bonds. The fourth-order valence-electron chi connectivity index (χ4n) is 4.06. The Balaban J connectivity index is 1.28. The molecule has 0 bridgehead atoms. The molecule has 1 aliphatic rings. The molecular weight excluding hydrogens is 464 g/mol. The number of nitrogens with zero attached hydrogens (tertiary/aromatic N) is 2. The zero-order chi connectivity index (χ0) is 24.5. The molecule has 35 heavy (non-hydrogen) atoms. The first kappa shape index (κ1) is 22.5. The third kappa shape index (κ3) is 4.20. The van der Waals surface area contributed by atoms with Gasteiger partial charge in [0, 0.05) is 28.4 Å². The van der Waals surface area contributed by atoms with Gasteiger partial charge in [0.05, 0.1) is 17.8 Å². The molecule has 7 nitrogen and oxygen atoms in total. The van der Waals surface area contributed by atoms with Gasteiger partial charge in [-0.1, -0.05) is 30.3 Å². The van der Waals surface area contributed by atoms with Gasteiger partial charge >= 0.3 is 5.97 Å². The number of imide groups is 1. The summed E-state index contributed by atoms with van der Waals surface area (Å²) in [5.41, 5.74) is 1.45. The Hall–Kier alpha value is -4.30. The molecule has 5 rings (SSSR count). The monoisotopic (exact) mass is 484 g/mol. The predicted molar refractivity (Wildman–Crippen MR) is 133 cm³/mol. The summed E-state index contributed by atoms with van der Waals surface area (Å²) in [5.74, 6) is -1.83. The Kier molecular flexibility index (Phi) is 5.88. The van der Waals surface area contributed by atoms with E-state index in [0.29, 0.717) is 28.7 Å². The van der Waals surface area contributed by atoms with Crippen molar-refractivity contribution in [1.82, 2.24) is 4.90 Å². The quantitative estimate of drug-likeness (QED) is 0.297. The number of ether oxygens (including phenoxy) is 1. The molecule has 1 aromatic heterocycles. The van der Waals surface area contributed by atoms with Gasteiger partial charge < -0.3 is 9.64 Å². The number of amides is 3. The molecule has 0 aliphatic carbocycles. The van der Waals surface area contributed by atoms with Gasteiger partial charge in [-0.25, -0.2) is 9.69 Å². The van der Waals surface area contributed by atoms with E-state index in [1.165, 1.54) is 29.2 Å². The number of anilines is 1. The number of hydrogen-bond donors (Lipinski definition) is 0. The minimum atomic E-state index is -0.666. The standard InChI is InChI=1S/C27H20N2O5S/c1-28(15-20-7-4-14-35-20)23(30)16-34-27(33)18-10-12-19(13-11-18)29-25(31)21-8-2-5-17-6-3-9-22(24(17)21)26(29)32/h2-14H,15-16H2,1H3. The van der Waals surface area contributed by atoms with Crippen molar-refractivity contribution in [3.63, 3.8) is 0 Å². The first-order valence-corrected chi connectivity index (χ1v) is 11.8. The van der Waals surface area contributed by atoms with Crippen LogP contribution in [0, 0.1) is 0 Å². The molecule has 3 aromatic carbocycles. The van der Waals surface area contributed by atoms with Crippen LogP contribution in [-0.4, -0.2) is 42.2 Å². The van der Waals surface area contributed by atoms with Gasteiger partial charge in [-0.15, -0.1) is 11.3 Å². The van der Waals surface area contributed by atoms with Crippen molar-refractivity contribution in [3.8, 4) is 0 Å². The largest absolute Gasteiger partial charge is 0.452 e. The van der Waals surface area contributed by atoms with Crippen molar-refractivity contribution < 1.29 is 23.9 Å². The SMILES string of the molecule is CN(Cc1cccs1)C(=O)COC(=O)c1ccc(N2C(=O)c3cccc4cccc(c34)C2=O)cc1. The van der Waals surface area contributed by atoms with Gasteiger partial charge in [-0.2, -0.15) is 0 Å². The number of esters is 1. The lowest BCUT2D eigenvalue weighted by Gasteiger charge is -2.27. The summed E-state index contributed by atoms with van der Waals surface area (Å²) in [6.45, 7) is 0.0594. The highest BCUT2D eigenvalue weighted by molar-refractivity contribution is 7.09. The Morgan fingerprint density at radius 1 is 0.886 bits per heavy atom. The Bertz CT molecular complexity index is 1410. The minimum Gasteiger partial charge on any atom is -0.452 e. The normalized spacial score (nSPS) is 12.7. The van der Waals surface area contributed by atoms with Crippen LogP contribution in [0.2, 0.25) is 0 Å². The number of hydrogen-bond acceptors (Lipinski definition) is 6. The lowest BCUT2D eigenvalue weighted by atomic mass is 9.94. The van der Waals surface area contributed by atoms with E-state index in [1.54, 1.807) is 42.6 Å². The van der Waals surface area contributed by atoms with E-state index < -0.39 is 17.8 Å². The first-order chi connectivity index (χ1) is 16.9. The molecule has 8 heteroatoms. The molecule has 0 saturated heterocycles. The molecule has 2 heterocycles. The van der Waals surface area contributed by atoms with Crippen molar-refractivity contribution >= 4 is 51.5 Å². The first-order valence-electron chi connectivity index (χ1n) is 10.9. The van der Waals surface area contributed by atoms with Gasteiger partial charge in [-0.3, -0.25) is 14.4 Å². The van der Waals surface area contributed by atoms with Gasteiger partial charge in [0.1, 0.15) is 0 Å². The predicted octanol–water partition coefficient (Wildman–Crippen LogP) is 4.52. The summed E-state index contributed by atoms with van der Waals surface area (Å²) in [6, 6.07) is 20.5. The van der Waals surface area contributed by atoms with Gasteiger partial charge in [-0.05, 0) is 53.2 Å². The van der Waals surface area contributed by atoms with Crippen LogP contribution >= 0.6 is 11.3 Å². The molecule has 4 aromatic rings. The van der Waals surface area contributed by atoms with E-state index in [-0.39, 0.29) is 18.1 Å². The highest BCUT2D eigenvalue weighted by Gasteiger charge is 2.33. The minimum absolute atomic E-state index is 0.210. The Labute approximate surface area is 205 Å². The second-order valence-electron chi connectivity index (χ2n) is 8.11. The van der Waals surface area contributed by atoms with Crippen LogP contribution in [0.4, 0.5) is 5.69 Å². The maximum atomic E-state index is 13.2. The fraction of sp³-hybridized carbons (Fsp3) is 0.111. The summed E-state index contributed by atoms with van der Waals surface area (Å²) in [5, 5.41) is 3.41. The van der Waals surface area contributed by atoms with E-state index in [2.05, 4.69) is 0 Å². The Morgan fingerprint density at radius 3 is 2.14 bits per heavy atom. The topological polar surface area (TPSA) is 84.0 Å².